The Hall–Kier alpha value is -1.82. The third-order valence-electron chi connectivity index (χ3n) is 4.99. The highest BCUT2D eigenvalue weighted by Crippen LogP contribution is 2.27. The molecule has 2 N–H and O–H groups in total. The fraction of sp³-hybridized carbons (Fsp3) is 0.625. The van der Waals surface area contributed by atoms with E-state index in [0.717, 1.165) is 6.54 Å². The first kappa shape index (κ1) is 15.1. The van der Waals surface area contributed by atoms with Gasteiger partial charge in [-0.3, -0.25) is 9.59 Å². The van der Waals surface area contributed by atoms with E-state index in [1.807, 2.05) is 47.8 Å². The molecule has 0 radical (unpaired) electrons. The summed E-state index contributed by atoms with van der Waals surface area (Å²) in [5.74, 6) is 0.185. The zero-order valence-electron chi connectivity index (χ0n) is 13.3. The first-order valence-electron chi connectivity index (χ1n) is 7.92. The van der Waals surface area contributed by atoms with Crippen LogP contribution >= 0.6 is 0 Å². The fourth-order valence-corrected chi connectivity index (χ4v) is 3.43. The molecule has 0 saturated carbocycles. The summed E-state index contributed by atoms with van der Waals surface area (Å²) < 4.78 is 1.94. The molecule has 1 spiro atoms. The number of piperazine rings is 1. The van der Waals surface area contributed by atoms with Gasteiger partial charge in [0, 0.05) is 38.6 Å². The van der Waals surface area contributed by atoms with Crippen molar-refractivity contribution in [3.8, 4) is 0 Å². The number of carbonyl (C=O) groups is 2. The second-order valence-electron chi connectivity index (χ2n) is 6.71. The normalized spacial score (nSPS) is 21.7. The number of likely N-dealkylation sites (tertiary alicyclic amines) is 1. The van der Waals surface area contributed by atoms with Crippen LogP contribution in [0.25, 0.3) is 0 Å². The number of nitrogens with one attached hydrogen (secondary N) is 2. The molecule has 0 aromatic carbocycles. The van der Waals surface area contributed by atoms with E-state index in [1.165, 1.54) is 0 Å². The first-order valence-corrected chi connectivity index (χ1v) is 7.92. The number of rotatable bonds is 2. The summed E-state index contributed by atoms with van der Waals surface area (Å²) in [5, 5.41) is 6.29. The Morgan fingerprint density at radius 1 is 1.18 bits per heavy atom. The van der Waals surface area contributed by atoms with Crippen molar-refractivity contribution in [2.45, 2.75) is 37.8 Å². The molecule has 22 heavy (non-hydrogen) atoms. The molecule has 2 fully saturated rings. The van der Waals surface area contributed by atoms with Crippen molar-refractivity contribution in [3.63, 3.8) is 0 Å². The maximum Gasteiger partial charge on any atom is 0.248 e. The van der Waals surface area contributed by atoms with E-state index < -0.39 is 11.1 Å². The fourth-order valence-electron chi connectivity index (χ4n) is 3.43. The molecular formula is C16H24N4O2. The zero-order valence-corrected chi connectivity index (χ0v) is 13.3. The van der Waals surface area contributed by atoms with Crippen LogP contribution in [0.1, 0.15) is 26.7 Å². The zero-order chi connectivity index (χ0) is 15.8. The molecule has 2 aliphatic rings. The molecule has 2 saturated heterocycles. The monoisotopic (exact) mass is 304 g/mol. The molecule has 1 aromatic rings. The molecule has 0 bridgehead atoms. The van der Waals surface area contributed by atoms with Crippen molar-refractivity contribution in [1.82, 2.24) is 20.1 Å². The van der Waals surface area contributed by atoms with Crippen molar-refractivity contribution < 1.29 is 9.59 Å². The van der Waals surface area contributed by atoms with Crippen LogP contribution in [0.3, 0.4) is 0 Å². The predicted octanol–water partition coefficient (Wildman–Crippen LogP) is 0.304. The Kier molecular flexibility index (Phi) is 3.72. The van der Waals surface area contributed by atoms with Gasteiger partial charge in [-0.15, -0.1) is 0 Å². The maximum absolute atomic E-state index is 12.9. The van der Waals surface area contributed by atoms with Crippen LogP contribution in [0.4, 0.5) is 0 Å². The van der Waals surface area contributed by atoms with Gasteiger partial charge in [0.05, 0.1) is 0 Å². The van der Waals surface area contributed by atoms with E-state index in [1.54, 1.807) is 0 Å². The minimum atomic E-state index is -0.601. The van der Waals surface area contributed by atoms with Crippen LogP contribution in [0.5, 0.6) is 0 Å². The van der Waals surface area contributed by atoms with Crippen LogP contribution in [0.2, 0.25) is 0 Å². The van der Waals surface area contributed by atoms with Gasteiger partial charge in [0.25, 0.3) is 0 Å². The lowest BCUT2D eigenvalue weighted by atomic mass is 9.84. The molecule has 3 rings (SSSR count). The van der Waals surface area contributed by atoms with Gasteiger partial charge in [-0.2, -0.15) is 0 Å². The molecule has 3 heterocycles. The summed E-state index contributed by atoms with van der Waals surface area (Å²) >= 11 is 0. The minimum absolute atomic E-state index is 0.0792. The van der Waals surface area contributed by atoms with Crippen molar-refractivity contribution in [3.05, 3.63) is 24.5 Å². The molecule has 2 amide bonds. The van der Waals surface area contributed by atoms with E-state index in [9.17, 15) is 9.59 Å². The smallest absolute Gasteiger partial charge is 0.248 e. The Bertz CT molecular complexity index is 557. The summed E-state index contributed by atoms with van der Waals surface area (Å²) in [6, 6.07) is 3.85. The number of carbonyl (C=O) groups excluding carboxylic acids is 2. The third-order valence-corrected chi connectivity index (χ3v) is 4.99. The van der Waals surface area contributed by atoms with Gasteiger partial charge in [0.15, 0.2) is 0 Å². The van der Waals surface area contributed by atoms with Crippen molar-refractivity contribution >= 4 is 11.8 Å². The molecule has 6 nitrogen and oxygen atoms in total. The Morgan fingerprint density at radius 2 is 1.82 bits per heavy atom. The van der Waals surface area contributed by atoms with E-state index in [0.29, 0.717) is 32.5 Å². The van der Waals surface area contributed by atoms with E-state index >= 15 is 0 Å². The van der Waals surface area contributed by atoms with Gasteiger partial charge in [-0.25, -0.2) is 0 Å². The summed E-state index contributed by atoms with van der Waals surface area (Å²) in [6.45, 7) is 6.59. The molecule has 120 valence electrons. The molecule has 2 aliphatic heterocycles. The summed E-state index contributed by atoms with van der Waals surface area (Å²) in [5.41, 5.74) is -1.08. The maximum atomic E-state index is 12.9. The van der Waals surface area contributed by atoms with Crippen molar-refractivity contribution in [2.24, 2.45) is 0 Å². The lowest BCUT2D eigenvalue weighted by Crippen LogP contribution is -2.67. The molecule has 6 heteroatoms. The lowest BCUT2D eigenvalue weighted by molar-refractivity contribution is -0.144. The van der Waals surface area contributed by atoms with Crippen LogP contribution < -0.4 is 10.6 Å². The van der Waals surface area contributed by atoms with Gasteiger partial charge in [-0.05, 0) is 38.8 Å². The Labute approximate surface area is 130 Å². The van der Waals surface area contributed by atoms with Gasteiger partial charge in [-0.1, -0.05) is 0 Å². The molecule has 1 aromatic heterocycles. The minimum Gasteiger partial charge on any atom is -0.353 e. The van der Waals surface area contributed by atoms with Gasteiger partial charge < -0.3 is 20.1 Å². The summed E-state index contributed by atoms with van der Waals surface area (Å²) in [4.78, 5) is 26.9. The van der Waals surface area contributed by atoms with E-state index in [-0.39, 0.29) is 11.8 Å². The van der Waals surface area contributed by atoms with Crippen molar-refractivity contribution in [2.75, 3.05) is 26.2 Å². The van der Waals surface area contributed by atoms with Gasteiger partial charge in [0.1, 0.15) is 11.1 Å². The molecular weight excluding hydrogens is 280 g/mol. The number of hydrogen-bond acceptors (Lipinski definition) is 3. The lowest BCUT2D eigenvalue weighted by Gasteiger charge is -2.45. The van der Waals surface area contributed by atoms with Crippen LogP contribution in [-0.4, -0.2) is 53.0 Å². The van der Waals surface area contributed by atoms with Crippen LogP contribution in [0, 0.1) is 0 Å². The number of piperidine rings is 1. The number of hydrogen-bond donors (Lipinski definition) is 2. The standard InChI is InChI=1S/C16H24N4O2/c1-15(2,20-9-3-4-10-20)14(22)19-11-5-16(6-12-19)13(21)17-7-8-18-16/h3-4,9-10,18H,5-8,11-12H2,1-2H3,(H,17,21). The number of amides is 2. The second kappa shape index (κ2) is 5.43. The number of aromatic nitrogens is 1. The second-order valence-corrected chi connectivity index (χ2v) is 6.71. The highest BCUT2D eigenvalue weighted by molar-refractivity contribution is 5.88. The largest absolute Gasteiger partial charge is 0.353 e. The van der Waals surface area contributed by atoms with Crippen LogP contribution in [0.15, 0.2) is 24.5 Å². The summed E-state index contributed by atoms with van der Waals surface area (Å²) in [6.07, 6.45) is 5.18. The molecule has 0 unspecified atom stereocenters. The Balaban J connectivity index is 1.68. The van der Waals surface area contributed by atoms with Gasteiger partial charge >= 0.3 is 0 Å². The van der Waals surface area contributed by atoms with Crippen molar-refractivity contribution in [1.29, 1.82) is 0 Å². The average molecular weight is 304 g/mol. The average Bonchev–Trinajstić information content (AvgIpc) is 3.06. The molecule has 0 atom stereocenters. The first-order chi connectivity index (χ1) is 10.5. The van der Waals surface area contributed by atoms with Gasteiger partial charge in [0.2, 0.25) is 11.8 Å². The van der Waals surface area contributed by atoms with E-state index in [2.05, 4.69) is 10.6 Å². The highest BCUT2D eigenvalue weighted by atomic mass is 16.2. The predicted molar refractivity (Wildman–Crippen MR) is 83.3 cm³/mol. The number of nitrogens with zero attached hydrogens (tertiary/aromatic N) is 2. The van der Waals surface area contributed by atoms with Crippen LogP contribution in [-0.2, 0) is 15.1 Å². The summed E-state index contributed by atoms with van der Waals surface area (Å²) in [7, 11) is 0. The topological polar surface area (TPSA) is 66.4 Å². The third kappa shape index (κ3) is 2.41. The van der Waals surface area contributed by atoms with E-state index in [4.69, 9.17) is 0 Å². The SMILES string of the molecule is CC(C)(C(=O)N1CCC2(CC1)NCCNC2=O)n1cccc1. The molecule has 0 aliphatic carbocycles. The highest BCUT2D eigenvalue weighted by Gasteiger charge is 2.45. The quantitative estimate of drug-likeness (QED) is 0.826. The Morgan fingerprint density at radius 3 is 2.41 bits per heavy atom.